The summed E-state index contributed by atoms with van der Waals surface area (Å²) < 4.78 is 1.25. The van der Waals surface area contributed by atoms with Gasteiger partial charge in [0.25, 0.3) is 5.56 Å². The van der Waals surface area contributed by atoms with Gasteiger partial charge in [-0.15, -0.1) is 6.58 Å². The number of anilines is 1. The highest BCUT2D eigenvalue weighted by molar-refractivity contribution is 6.33. The SMILES string of the molecule is C=CCn1ncc(NCc2ccc(Cl)cc2)c(Cl)c1=O. The molecule has 104 valence electrons. The van der Waals surface area contributed by atoms with Gasteiger partial charge in [0.05, 0.1) is 18.4 Å². The van der Waals surface area contributed by atoms with Crippen LogP contribution in [-0.4, -0.2) is 9.78 Å². The molecule has 6 heteroatoms. The second kappa shape index (κ2) is 6.59. The first-order valence-electron chi connectivity index (χ1n) is 5.96. The number of hydrogen-bond donors (Lipinski definition) is 1. The molecule has 1 aromatic carbocycles. The zero-order chi connectivity index (χ0) is 14.5. The fourth-order valence-corrected chi connectivity index (χ4v) is 1.98. The molecular formula is C14H13Cl2N3O. The summed E-state index contributed by atoms with van der Waals surface area (Å²) in [7, 11) is 0. The Morgan fingerprint density at radius 2 is 2.00 bits per heavy atom. The number of aromatic nitrogens is 2. The third kappa shape index (κ3) is 3.40. The molecule has 0 aliphatic carbocycles. The van der Waals surface area contributed by atoms with E-state index >= 15 is 0 Å². The summed E-state index contributed by atoms with van der Waals surface area (Å²) in [6.07, 6.45) is 3.12. The molecule has 1 aromatic heterocycles. The Balaban J connectivity index is 2.14. The lowest BCUT2D eigenvalue weighted by atomic mass is 10.2. The van der Waals surface area contributed by atoms with Crippen molar-refractivity contribution in [1.82, 2.24) is 9.78 Å². The quantitative estimate of drug-likeness (QED) is 0.862. The maximum Gasteiger partial charge on any atom is 0.287 e. The molecule has 1 N–H and O–H groups in total. The van der Waals surface area contributed by atoms with Gasteiger partial charge in [0.15, 0.2) is 0 Å². The fraction of sp³-hybridized carbons (Fsp3) is 0.143. The van der Waals surface area contributed by atoms with Gasteiger partial charge in [-0.3, -0.25) is 4.79 Å². The zero-order valence-electron chi connectivity index (χ0n) is 10.6. The van der Waals surface area contributed by atoms with Gasteiger partial charge >= 0.3 is 0 Å². The van der Waals surface area contributed by atoms with Crippen molar-refractivity contribution in [2.45, 2.75) is 13.1 Å². The maximum absolute atomic E-state index is 11.9. The van der Waals surface area contributed by atoms with E-state index in [1.165, 1.54) is 10.9 Å². The van der Waals surface area contributed by atoms with Crippen LogP contribution in [0.4, 0.5) is 5.69 Å². The number of allylic oxidation sites excluding steroid dienone is 1. The summed E-state index contributed by atoms with van der Waals surface area (Å²) in [6.45, 7) is 4.42. The van der Waals surface area contributed by atoms with E-state index in [1.54, 1.807) is 18.2 Å². The Bertz CT molecular complexity index is 665. The molecule has 0 fully saturated rings. The Morgan fingerprint density at radius 3 is 2.65 bits per heavy atom. The number of nitrogens with zero attached hydrogens (tertiary/aromatic N) is 2. The van der Waals surface area contributed by atoms with E-state index in [0.717, 1.165) is 5.56 Å². The summed E-state index contributed by atoms with van der Waals surface area (Å²) in [4.78, 5) is 11.9. The molecule has 2 aromatic rings. The molecule has 0 saturated heterocycles. The highest BCUT2D eigenvalue weighted by Gasteiger charge is 2.08. The zero-order valence-corrected chi connectivity index (χ0v) is 12.2. The maximum atomic E-state index is 11.9. The molecule has 0 unspecified atom stereocenters. The van der Waals surface area contributed by atoms with E-state index in [2.05, 4.69) is 17.0 Å². The first-order chi connectivity index (χ1) is 9.61. The normalized spacial score (nSPS) is 10.3. The Hall–Kier alpha value is -1.78. The van der Waals surface area contributed by atoms with Gasteiger partial charge in [-0.2, -0.15) is 5.10 Å². The van der Waals surface area contributed by atoms with E-state index in [1.807, 2.05) is 12.1 Å². The van der Waals surface area contributed by atoms with Crippen molar-refractivity contribution in [2.75, 3.05) is 5.32 Å². The van der Waals surface area contributed by atoms with Gasteiger partial charge in [0.1, 0.15) is 5.02 Å². The smallest absolute Gasteiger partial charge is 0.287 e. The Labute approximate surface area is 126 Å². The van der Waals surface area contributed by atoms with Crippen LogP contribution in [0.1, 0.15) is 5.56 Å². The third-order valence-corrected chi connectivity index (χ3v) is 3.30. The minimum absolute atomic E-state index is 0.121. The van der Waals surface area contributed by atoms with E-state index in [4.69, 9.17) is 23.2 Å². The second-order valence-corrected chi connectivity index (χ2v) is 4.94. The van der Waals surface area contributed by atoms with Crippen LogP contribution in [0, 0.1) is 0 Å². The van der Waals surface area contributed by atoms with Crippen molar-refractivity contribution in [3.8, 4) is 0 Å². The lowest BCUT2D eigenvalue weighted by molar-refractivity contribution is 0.653. The van der Waals surface area contributed by atoms with Gasteiger partial charge in [0, 0.05) is 11.6 Å². The fourth-order valence-electron chi connectivity index (χ4n) is 1.64. The molecule has 0 saturated carbocycles. The molecule has 0 radical (unpaired) electrons. The summed E-state index contributed by atoms with van der Waals surface area (Å²) >= 11 is 11.9. The van der Waals surface area contributed by atoms with Gasteiger partial charge in [-0.1, -0.05) is 41.4 Å². The van der Waals surface area contributed by atoms with Crippen molar-refractivity contribution in [3.63, 3.8) is 0 Å². The second-order valence-electron chi connectivity index (χ2n) is 4.13. The summed E-state index contributed by atoms with van der Waals surface area (Å²) in [5, 5.41) is 7.90. The van der Waals surface area contributed by atoms with Gasteiger partial charge in [-0.25, -0.2) is 4.68 Å². The van der Waals surface area contributed by atoms with Crippen molar-refractivity contribution >= 4 is 28.9 Å². The van der Waals surface area contributed by atoms with Crippen LogP contribution in [0.15, 0.2) is 47.9 Å². The molecule has 2 rings (SSSR count). The lowest BCUT2D eigenvalue weighted by Gasteiger charge is -2.09. The number of benzene rings is 1. The van der Waals surface area contributed by atoms with Crippen LogP contribution >= 0.6 is 23.2 Å². The molecule has 0 aliphatic heterocycles. The summed E-state index contributed by atoms with van der Waals surface area (Å²) in [5.74, 6) is 0. The Morgan fingerprint density at radius 1 is 1.30 bits per heavy atom. The van der Waals surface area contributed by atoms with Crippen LogP contribution in [0.5, 0.6) is 0 Å². The van der Waals surface area contributed by atoms with E-state index in [-0.39, 0.29) is 10.6 Å². The predicted octanol–water partition coefficient (Wildman–Crippen LogP) is 3.35. The summed E-state index contributed by atoms with van der Waals surface area (Å²) in [5.41, 5.74) is 1.19. The highest BCUT2D eigenvalue weighted by atomic mass is 35.5. The molecule has 0 aliphatic rings. The van der Waals surface area contributed by atoms with E-state index < -0.39 is 0 Å². The summed E-state index contributed by atoms with van der Waals surface area (Å²) in [6, 6.07) is 7.41. The average Bonchev–Trinajstić information content (AvgIpc) is 2.45. The number of nitrogens with one attached hydrogen (secondary N) is 1. The van der Waals surface area contributed by atoms with Gasteiger partial charge in [0.2, 0.25) is 0 Å². The minimum Gasteiger partial charge on any atom is -0.378 e. The van der Waals surface area contributed by atoms with Crippen LogP contribution < -0.4 is 10.9 Å². The average molecular weight is 310 g/mol. The van der Waals surface area contributed by atoms with Crippen molar-refractivity contribution in [1.29, 1.82) is 0 Å². The molecule has 0 bridgehead atoms. The third-order valence-electron chi connectivity index (χ3n) is 2.68. The number of hydrogen-bond acceptors (Lipinski definition) is 3. The first kappa shape index (κ1) is 14.6. The van der Waals surface area contributed by atoms with E-state index in [9.17, 15) is 4.79 Å². The molecular weight excluding hydrogens is 297 g/mol. The van der Waals surface area contributed by atoms with Gasteiger partial charge < -0.3 is 5.32 Å². The minimum atomic E-state index is -0.340. The van der Waals surface area contributed by atoms with Crippen LogP contribution in [0.2, 0.25) is 10.0 Å². The van der Waals surface area contributed by atoms with Crippen LogP contribution in [0.3, 0.4) is 0 Å². The Kier molecular flexibility index (Phi) is 4.82. The lowest BCUT2D eigenvalue weighted by Crippen LogP contribution is -2.23. The van der Waals surface area contributed by atoms with E-state index in [0.29, 0.717) is 23.8 Å². The van der Waals surface area contributed by atoms with Gasteiger partial charge in [-0.05, 0) is 17.7 Å². The monoisotopic (exact) mass is 309 g/mol. The molecule has 0 atom stereocenters. The standard InChI is InChI=1S/C14H13Cl2N3O/c1-2-7-19-14(20)13(16)12(9-18-19)17-8-10-3-5-11(15)6-4-10/h2-6,9,17H,1,7-8H2. The molecule has 0 spiro atoms. The van der Waals surface area contributed by atoms with Crippen molar-refractivity contribution in [3.05, 3.63) is 69.1 Å². The number of halogens is 2. The van der Waals surface area contributed by atoms with Crippen LogP contribution in [0.25, 0.3) is 0 Å². The molecule has 0 amide bonds. The largest absolute Gasteiger partial charge is 0.378 e. The first-order valence-corrected chi connectivity index (χ1v) is 6.72. The predicted molar refractivity (Wildman–Crippen MR) is 82.5 cm³/mol. The van der Waals surface area contributed by atoms with Crippen LogP contribution in [-0.2, 0) is 13.1 Å². The van der Waals surface area contributed by atoms with Crippen molar-refractivity contribution < 1.29 is 0 Å². The highest BCUT2D eigenvalue weighted by Crippen LogP contribution is 2.17. The topological polar surface area (TPSA) is 46.9 Å². The number of rotatable bonds is 5. The molecule has 4 nitrogen and oxygen atoms in total. The molecule has 1 heterocycles. The van der Waals surface area contributed by atoms with Crippen molar-refractivity contribution in [2.24, 2.45) is 0 Å². The molecule has 20 heavy (non-hydrogen) atoms.